The van der Waals surface area contributed by atoms with Crippen LogP contribution in [0.3, 0.4) is 0 Å². The summed E-state index contributed by atoms with van der Waals surface area (Å²) in [7, 11) is 3.55. The van der Waals surface area contributed by atoms with Gasteiger partial charge in [-0.15, -0.1) is 0 Å². The number of ether oxygens (including phenoxy) is 1. The van der Waals surface area contributed by atoms with Gasteiger partial charge in [-0.05, 0) is 37.3 Å². The van der Waals surface area contributed by atoms with E-state index in [1.54, 1.807) is 25.5 Å². The van der Waals surface area contributed by atoms with Crippen molar-refractivity contribution in [1.82, 2.24) is 4.57 Å². The Bertz CT molecular complexity index is 940. The molecule has 6 nitrogen and oxygen atoms in total. The summed E-state index contributed by atoms with van der Waals surface area (Å²) in [5.41, 5.74) is 3.69. The summed E-state index contributed by atoms with van der Waals surface area (Å²) in [6.07, 6.45) is 1.75. The van der Waals surface area contributed by atoms with Crippen molar-refractivity contribution >= 4 is 28.5 Å². The van der Waals surface area contributed by atoms with Crippen molar-refractivity contribution in [2.45, 2.75) is 6.92 Å². The number of nitrogens with zero attached hydrogens (tertiary/aromatic N) is 3. The van der Waals surface area contributed by atoms with E-state index in [0.717, 1.165) is 33.6 Å². The van der Waals surface area contributed by atoms with Crippen molar-refractivity contribution in [3.8, 4) is 5.75 Å². The minimum Gasteiger partial charge on any atom is -0.497 e. The summed E-state index contributed by atoms with van der Waals surface area (Å²) in [5.74, 6) is 0.769. The maximum atomic E-state index is 11.0. The first kappa shape index (κ1) is 15.7. The van der Waals surface area contributed by atoms with Gasteiger partial charge in [0, 0.05) is 47.6 Å². The molecule has 0 saturated carbocycles. The van der Waals surface area contributed by atoms with Crippen LogP contribution in [-0.2, 0) is 7.05 Å². The van der Waals surface area contributed by atoms with Crippen molar-refractivity contribution in [2.75, 3.05) is 7.11 Å². The van der Waals surface area contributed by atoms with Gasteiger partial charge in [0.15, 0.2) is 0 Å². The van der Waals surface area contributed by atoms with Gasteiger partial charge in [-0.25, -0.2) is 0 Å². The minimum atomic E-state index is -0.383. The molecule has 0 bridgehead atoms. The Hall–Kier alpha value is -3.15. The first-order chi connectivity index (χ1) is 11.5. The number of nitro benzene ring substituents is 1. The van der Waals surface area contributed by atoms with Crippen LogP contribution >= 0.6 is 0 Å². The quantitative estimate of drug-likeness (QED) is 0.411. The van der Waals surface area contributed by atoms with Crippen molar-refractivity contribution < 1.29 is 9.66 Å². The maximum absolute atomic E-state index is 11.0. The molecule has 3 aromatic rings. The lowest BCUT2D eigenvalue weighted by Crippen LogP contribution is -1.91. The first-order valence-electron chi connectivity index (χ1n) is 7.43. The van der Waals surface area contributed by atoms with Crippen LogP contribution in [0.15, 0.2) is 47.5 Å². The van der Waals surface area contributed by atoms with E-state index in [-0.39, 0.29) is 10.6 Å². The molecule has 0 aliphatic carbocycles. The highest BCUT2D eigenvalue weighted by Gasteiger charge is 2.14. The van der Waals surface area contributed by atoms with E-state index in [4.69, 9.17) is 4.74 Å². The van der Waals surface area contributed by atoms with Crippen LogP contribution in [0.1, 0.15) is 11.3 Å². The molecular weight excluding hydrogens is 306 g/mol. The van der Waals surface area contributed by atoms with E-state index in [1.165, 1.54) is 6.07 Å². The number of non-ortho nitro benzene ring substituents is 1. The van der Waals surface area contributed by atoms with Crippen molar-refractivity contribution in [1.29, 1.82) is 0 Å². The zero-order valence-electron chi connectivity index (χ0n) is 13.7. The third-order valence-corrected chi connectivity index (χ3v) is 4.15. The van der Waals surface area contributed by atoms with Crippen molar-refractivity contribution in [2.24, 2.45) is 12.0 Å². The molecule has 2 aromatic carbocycles. The van der Waals surface area contributed by atoms with Crippen molar-refractivity contribution in [3.63, 3.8) is 0 Å². The number of fused-ring (bicyclic) bond motifs is 1. The Morgan fingerprint density at radius 1 is 1.21 bits per heavy atom. The molecule has 3 rings (SSSR count). The Balaban J connectivity index is 2.06. The largest absolute Gasteiger partial charge is 0.497 e. The standard InChI is InChI=1S/C18H17N3O3/c1-12-17(11-19-13-4-7-15(24-3)8-5-13)16-10-14(21(22)23)6-9-18(16)20(12)2/h4-11H,1-3H3. The molecule has 0 N–H and O–H groups in total. The number of aliphatic imine (C=N–C) groups is 1. The minimum absolute atomic E-state index is 0.0761. The van der Waals surface area contributed by atoms with E-state index in [0.29, 0.717) is 0 Å². The number of nitro groups is 1. The highest BCUT2D eigenvalue weighted by Crippen LogP contribution is 2.28. The van der Waals surface area contributed by atoms with Crippen LogP contribution in [0.25, 0.3) is 10.9 Å². The zero-order chi connectivity index (χ0) is 17.3. The molecule has 0 saturated heterocycles. The first-order valence-corrected chi connectivity index (χ1v) is 7.43. The van der Waals surface area contributed by atoms with Gasteiger partial charge in [-0.3, -0.25) is 15.1 Å². The Morgan fingerprint density at radius 3 is 2.54 bits per heavy atom. The lowest BCUT2D eigenvalue weighted by Gasteiger charge is -1.99. The van der Waals surface area contributed by atoms with Crippen LogP contribution in [0.5, 0.6) is 5.75 Å². The molecule has 0 spiro atoms. The van der Waals surface area contributed by atoms with Crippen LogP contribution in [-0.4, -0.2) is 22.8 Å². The molecule has 0 radical (unpaired) electrons. The van der Waals surface area contributed by atoms with Gasteiger partial charge in [-0.2, -0.15) is 0 Å². The lowest BCUT2D eigenvalue weighted by molar-refractivity contribution is -0.384. The molecule has 0 unspecified atom stereocenters. The number of rotatable bonds is 4. The maximum Gasteiger partial charge on any atom is 0.270 e. The molecule has 1 heterocycles. The summed E-state index contributed by atoms with van der Waals surface area (Å²) in [6.45, 7) is 1.97. The molecule has 24 heavy (non-hydrogen) atoms. The molecule has 6 heteroatoms. The molecule has 0 aliphatic heterocycles. The van der Waals surface area contributed by atoms with Gasteiger partial charge in [0.05, 0.1) is 17.7 Å². The number of methoxy groups -OCH3 is 1. The average molecular weight is 323 g/mol. The Kier molecular flexibility index (Phi) is 4.04. The second-order valence-corrected chi connectivity index (χ2v) is 5.47. The van der Waals surface area contributed by atoms with E-state index in [2.05, 4.69) is 4.99 Å². The second-order valence-electron chi connectivity index (χ2n) is 5.47. The van der Waals surface area contributed by atoms with E-state index in [1.807, 2.05) is 42.8 Å². The summed E-state index contributed by atoms with van der Waals surface area (Å²) >= 11 is 0. The van der Waals surface area contributed by atoms with Gasteiger partial charge >= 0.3 is 0 Å². The number of aryl methyl sites for hydroxylation is 1. The average Bonchev–Trinajstić information content (AvgIpc) is 2.84. The number of hydrogen-bond donors (Lipinski definition) is 0. The van der Waals surface area contributed by atoms with Crippen molar-refractivity contribution in [3.05, 3.63) is 63.8 Å². The predicted molar refractivity (Wildman–Crippen MR) is 94.6 cm³/mol. The highest BCUT2D eigenvalue weighted by molar-refractivity contribution is 6.02. The van der Waals surface area contributed by atoms with E-state index < -0.39 is 0 Å². The Morgan fingerprint density at radius 2 is 1.92 bits per heavy atom. The molecule has 1 aromatic heterocycles. The predicted octanol–water partition coefficient (Wildman–Crippen LogP) is 4.15. The monoisotopic (exact) mass is 323 g/mol. The smallest absolute Gasteiger partial charge is 0.270 e. The normalized spacial score (nSPS) is 11.3. The van der Waals surface area contributed by atoms with E-state index in [9.17, 15) is 10.1 Å². The van der Waals surface area contributed by atoms with E-state index >= 15 is 0 Å². The zero-order valence-corrected chi connectivity index (χ0v) is 13.7. The van der Waals surface area contributed by atoms with Crippen LogP contribution in [0, 0.1) is 17.0 Å². The van der Waals surface area contributed by atoms with Crippen LogP contribution in [0.2, 0.25) is 0 Å². The molecule has 0 atom stereocenters. The summed E-state index contributed by atoms with van der Waals surface area (Å²) in [5, 5.41) is 11.9. The molecule has 0 amide bonds. The fourth-order valence-electron chi connectivity index (χ4n) is 2.67. The second kappa shape index (κ2) is 6.16. The molecule has 0 aliphatic rings. The summed E-state index contributed by atoms with van der Waals surface area (Å²) in [4.78, 5) is 15.1. The summed E-state index contributed by atoms with van der Waals surface area (Å²) < 4.78 is 7.14. The molecule has 0 fully saturated rings. The highest BCUT2D eigenvalue weighted by atomic mass is 16.6. The van der Waals surface area contributed by atoms with Crippen LogP contribution < -0.4 is 4.74 Å². The van der Waals surface area contributed by atoms with Gasteiger partial charge in [0.25, 0.3) is 5.69 Å². The van der Waals surface area contributed by atoms with Gasteiger partial charge < -0.3 is 9.30 Å². The molecule has 122 valence electrons. The topological polar surface area (TPSA) is 69.7 Å². The summed E-state index contributed by atoms with van der Waals surface area (Å²) in [6, 6.07) is 12.3. The lowest BCUT2D eigenvalue weighted by atomic mass is 10.1. The van der Waals surface area contributed by atoms with Gasteiger partial charge in [0.1, 0.15) is 5.75 Å². The van der Waals surface area contributed by atoms with Gasteiger partial charge in [-0.1, -0.05) is 0 Å². The Labute approximate surface area is 139 Å². The third kappa shape index (κ3) is 2.74. The number of aromatic nitrogens is 1. The molecular formula is C18H17N3O3. The number of hydrogen-bond acceptors (Lipinski definition) is 4. The fraction of sp³-hybridized carbons (Fsp3) is 0.167. The fourth-order valence-corrected chi connectivity index (χ4v) is 2.67. The SMILES string of the molecule is COc1ccc(N=Cc2c(C)n(C)c3ccc([N+](=O)[O-])cc23)cc1. The van der Waals surface area contributed by atoms with Crippen LogP contribution in [0.4, 0.5) is 11.4 Å². The number of benzene rings is 2. The van der Waals surface area contributed by atoms with Gasteiger partial charge in [0.2, 0.25) is 0 Å². The third-order valence-electron chi connectivity index (χ3n) is 4.15.